The SMILES string of the molecule is CNC(C)C(=O)NC1CN(C(=O)CS(C)(=O)=O)c2cc(C#N)ccc2N(Cc2c(C)ccc3ccccc23)C1=O. The van der Waals surface area contributed by atoms with Crippen LogP contribution in [0.15, 0.2) is 54.6 Å². The number of nitrogens with one attached hydrogen (secondary N) is 2. The molecular weight excluding hydrogens is 530 g/mol. The quantitative estimate of drug-likeness (QED) is 0.450. The molecule has 4 rings (SSSR count). The summed E-state index contributed by atoms with van der Waals surface area (Å²) in [6.07, 6.45) is 0.948. The monoisotopic (exact) mass is 561 g/mol. The molecule has 0 saturated heterocycles. The Bertz CT molecular complexity index is 1650. The molecule has 208 valence electrons. The molecule has 0 fully saturated rings. The van der Waals surface area contributed by atoms with Crippen molar-refractivity contribution in [3.8, 4) is 6.07 Å². The molecule has 0 saturated carbocycles. The van der Waals surface area contributed by atoms with Gasteiger partial charge in [0.25, 0.3) is 5.91 Å². The Labute approximate surface area is 233 Å². The van der Waals surface area contributed by atoms with Crippen molar-refractivity contribution in [2.45, 2.75) is 32.5 Å². The van der Waals surface area contributed by atoms with Gasteiger partial charge in [0.05, 0.1) is 42.1 Å². The van der Waals surface area contributed by atoms with E-state index in [-0.39, 0.29) is 24.3 Å². The summed E-state index contributed by atoms with van der Waals surface area (Å²) in [5, 5.41) is 17.1. The Morgan fingerprint density at radius 3 is 2.52 bits per heavy atom. The number of carbonyl (C=O) groups is 3. The van der Waals surface area contributed by atoms with Gasteiger partial charge in [-0.3, -0.25) is 14.4 Å². The van der Waals surface area contributed by atoms with E-state index in [0.29, 0.717) is 5.69 Å². The minimum Gasteiger partial charge on any atom is -0.341 e. The molecule has 0 bridgehead atoms. The van der Waals surface area contributed by atoms with Crippen LogP contribution in [0.2, 0.25) is 0 Å². The van der Waals surface area contributed by atoms with Gasteiger partial charge in [0, 0.05) is 6.26 Å². The van der Waals surface area contributed by atoms with Crippen LogP contribution in [0.3, 0.4) is 0 Å². The lowest BCUT2D eigenvalue weighted by atomic mass is 9.98. The van der Waals surface area contributed by atoms with E-state index in [0.717, 1.165) is 28.2 Å². The van der Waals surface area contributed by atoms with Crippen molar-refractivity contribution >= 4 is 49.7 Å². The van der Waals surface area contributed by atoms with Gasteiger partial charge in [-0.1, -0.05) is 36.4 Å². The van der Waals surface area contributed by atoms with Crippen molar-refractivity contribution in [3.63, 3.8) is 0 Å². The van der Waals surface area contributed by atoms with Crippen LogP contribution in [0.1, 0.15) is 23.6 Å². The number of rotatable bonds is 7. The first-order chi connectivity index (χ1) is 18.9. The zero-order valence-corrected chi connectivity index (χ0v) is 23.6. The fraction of sp³-hybridized carbons (Fsp3) is 0.310. The zero-order valence-electron chi connectivity index (χ0n) is 22.8. The Kier molecular flexibility index (Phi) is 8.23. The highest BCUT2D eigenvalue weighted by molar-refractivity contribution is 7.91. The second-order valence-electron chi connectivity index (χ2n) is 9.97. The van der Waals surface area contributed by atoms with Crippen molar-refractivity contribution in [1.29, 1.82) is 5.26 Å². The third-order valence-electron chi connectivity index (χ3n) is 7.04. The second kappa shape index (κ2) is 11.5. The summed E-state index contributed by atoms with van der Waals surface area (Å²) in [6.45, 7) is 3.39. The van der Waals surface area contributed by atoms with E-state index in [4.69, 9.17) is 0 Å². The van der Waals surface area contributed by atoms with E-state index in [1.54, 1.807) is 20.0 Å². The Balaban J connectivity index is 1.91. The van der Waals surface area contributed by atoms with Gasteiger partial charge in [0.15, 0.2) is 9.84 Å². The number of benzene rings is 3. The van der Waals surface area contributed by atoms with Crippen LogP contribution in [0.5, 0.6) is 0 Å². The smallest absolute Gasteiger partial charge is 0.251 e. The molecule has 1 aliphatic heterocycles. The van der Waals surface area contributed by atoms with Crippen molar-refractivity contribution in [1.82, 2.24) is 10.6 Å². The van der Waals surface area contributed by atoms with Crippen molar-refractivity contribution in [2.75, 3.05) is 35.4 Å². The minimum atomic E-state index is -3.72. The Morgan fingerprint density at radius 2 is 1.85 bits per heavy atom. The molecule has 1 heterocycles. The van der Waals surface area contributed by atoms with Crippen LogP contribution in [0, 0.1) is 18.3 Å². The van der Waals surface area contributed by atoms with Crippen LogP contribution < -0.4 is 20.4 Å². The molecule has 3 aromatic carbocycles. The summed E-state index contributed by atoms with van der Waals surface area (Å²) in [5.74, 6) is -2.49. The molecule has 0 spiro atoms. The first-order valence-corrected chi connectivity index (χ1v) is 14.8. The lowest BCUT2D eigenvalue weighted by molar-refractivity contribution is -0.128. The topological polar surface area (TPSA) is 140 Å². The van der Waals surface area contributed by atoms with Crippen LogP contribution >= 0.6 is 0 Å². The van der Waals surface area contributed by atoms with E-state index in [1.807, 2.05) is 49.4 Å². The molecule has 2 atom stereocenters. The average molecular weight is 562 g/mol. The maximum atomic E-state index is 14.2. The number of sulfone groups is 1. The summed E-state index contributed by atoms with van der Waals surface area (Å²) in [4.78, 5) is 43.1. The molecule has 3 aromatic rings. The Hall–Kier alpha value is -4.27. The molecule has 2 unspecified atom stereocenters. The maximum Gasteiger partial charge on any atom is 0.251 e. The predicted octanol–water partition coefficient (Wildman–Crippen LogP) is 2.04. The number of likely N-dealkylation sites (N-methyl/N-ethyl adjacent to an activating group) is 1. The lowest BCUT2D eigenvalue weighted by Gasteiger charge is -2.27. The number of nitrogens with zero attached hydrogens (tertiary/aromatic N) is 3. The minimum absolute atomic E-state index is 0.118. The van der Waals surface area contributed by atoms with Crippen LogP contribution in [-0.2, 0) is 30.8 Å². The summed E-state index contributed by atoms with van der Waals surface area (Å²) < 4.78 is 24.1. The number of amides is 3. The number of nitriles is 1. The molecule has 0 aromatic heterocycles. The highest BCUT2D eigenvalue weighted by atomic mass is 32.2. The summed E-state index contributed by atoms with van der Waals surface area (Å²) in [7, 11) is -2.11. The van der Waals surface area contributed by atoms with E-state index in [2.05, 4.69) is 10.6 Å². The third-order valence-corrected chi connectivity index (χ3v) is 7.81. The van der Waals surface area contributed by atoms with E-state index in [9.17, 15) is 28.1 Å². The molecular formula is C29H31N5O5S. The maximum absolute atomic E-state index is 14.2. The molecule has 0 aliphatic carbocycles. The molecule has 1 aliphatic rings. The van der Waals surface area contributed by atoms with E-state index >= 15 is 0 Å². The normalized spacial score (nSPS) is 16.2. The Morgan fingerprint density at radius 1 is 1.12 bits per heavy atom. The molecule has 40 heavy (non-hydrogen) atoms. The first kappa shape index (κ1) is 28.7. The number of hydrogen-bond donors (Lipinski definition) is 2. The largest absolute Gasteiger partial charge is 0.341 e. The van der Waals surface area contributed by atoms with Gasteiger partial charge in [-0.25, -0.2) is 8.42 Å². The summed E-state index contributed by atoms with van der Waals surface area (Å²) >= 11 is 0. The number of carbonyl (C=O) groups excluding carboxylic acids is 3. The predicted molar refractivity (Wildman–Crippen MR) is 154 cm³/mol. The van der Waals surface area contributed by atoms with Gasteiger partial charge in [-0.15, -0.1) is 0 Å². The molecule has 2 N–H and O–H groups in total. The van der Waals surface area contributed by atoms with E-state index < -0.39 is 45.4 Å². The average Bonchev–Trinajstić information content (AvgIpc) is 3.03. The van der Waals surface area contributed by atoms with Crippen LogP contribution in [0.25, 0.3) is 10.8 Å². The molecule has 11 heteroatoms. The fourth-order valence-corrected chi connectivity index (χ4v) is 5.36. The zero-order chi connectivity index (χ0) is 29.2. The first-order valence-electron chi connectivity index (χ1n) is 12.7. The summed E-state index contributed by atoms with van der Waals surface area (Å²) in [5.41, 5.74) is 2.61. The number of fused-ring (bicyclic) bond motifs is 2. The van der Waals surface area contributed by atoms with Gasteiger partial charge in [0.1, 0.15) is 11.8 Å². The van der Waals surface area contributed by atoms with Crippen molar-refractivity contribution < 1.29 is 22.8 Å². The third kappa shape index (κ3) is 5.98. The van der Waals surface area contributed by atoms with Gasteiger partial charge < -0.3 is 20.4 Å². The molecule has 3 amide bonds. The van der Waals surface area contributed by atoms with E-state index in [1.165, 1.54) is 21.9 Å². The van der Waals surface area contributed by atoms with Gasteiger partial charge in [-0.05, 0) is 61.0 Å². The standard InChI is InChI=1S/C29H31N5O5S/c1-18-9-11-21-7-5-6-8-22(21)23(18)15-34-25-12-10-20(14-30)13-26(25)33(27(35)17-40(4,38)39)16-24(29(34)37)32-28(36)19(2)31-3/h5-13,19,24,31H,15-17H2,1-4H3,(H,32,36). The van der Waals surface area contributed by atoms with Crippen LogP contribution in [0.4, 0.5) is 11.4 Å². The lowest BCUT2D eigenvalue weighted by Crippen LogP contribution is -2.56. The second-order valence-corrected chi connectivity index (χ2v) is 12.1. The van der Waals surface area contributed by atoms with Gasteiger partial charge >= 0.3 is 0 Å². The molecule has 0 radical (unpaired) electrons. The number of aryl methyl sites for hydroxylation is 1. The molecule has 10 nitrogen and oxygen atoms in total. The van der Waals surface area contributed by atoms with Crippen molar-refractivity contribution in [2.24, 2.45) is 0 Å². The fourth-order valence-electron chi connectivity index (χ4n) is 4.75. The van der Waals surface area contributed by atoms with Gasteiger partial charge in [-0.2, -0.15) is 5.26 Å². The highest BCUT2D eigenvalue weighted by Gasteiger charge is 2.38. The number of anilines is 2. The highest BCUT2D eigenvalue weighted by Crippen LogP contribution is 2.36. The summed E-state index contributed by atoms with van der Waals surface area (Å²) in [6, 6.07) is 16.6. The van der Waals surface area contributed by atoms with Crippen LogP contribution in [-0.4, -0.2) is 63.8 Å². The van der Waals surface area contributed by atoms with Crippen molar-refractivity contribution in [3.05, 3.63) is 71.3 Å². The van der Waals surface area contributed by atoms with Gasteiger partial charge in [0.2, 0.25) is 11.8 Å². The number of hydrogen-bond acceptors (Lipinski definition) is 7.